The summed E-state index contributed by atoms with van der Waals surface area (Å²) in [5.41, 5.74) is 0.864. The van der Waals surface area contributed by atoms with E-state index in [4.69, 9.17) is 18.9 Å². The minimum atomic E-state index is -1.39. The van der Waals surface area contributed by atoms with Crippen LogP contribution >= 0.6 is 0 Å². The number of hydrogen-bond donors (Lipinski definition) is 4. The van der Waals surface area contributed by atoms with E-state index >= 15 is 0 Å². The quantitative estimate of drug-likeness (QED) is 0.428. The molecule has 0 aliphatic carbocycles. The molecule has 168 valence electrons. The summed E-state index contributed by atoms with van der Waals surface area (Å²) in [6, 6.07) is 18.0. The largest absolute Gasteiger partial charge is 0.462 e. The van der Waals surface area contributed by atoms with Crippen LogP contribution in [0.2, 0.25) is 0 Å². The molecule has 0 saturated carbocycles. The first-order valence-electron chi connectivity index (χ1n) is 9.99. The molecular formula is C22H27NO8. The average Bonchev–Trinajstić information content (AvgIpc) is 2.80. The van der Waals surface area contributed by atoms with Crippen molar-refractivity contribution in [1.82, 2.24) is 5.32 Å². The summed E-state index contributed by atoms with van der Waals surface area (Å²) >= 11 is 0. The first-order valence-corrected chi connectivity index (χ1v) is 9.99. The number of benzene rings is 2. The summed E-state index contributed by atoms with van der Waals surface area (Å²) in [6.07, 6.45) is -6.44. The van der Waals surface area contributed by atoms with Crippen molar-refractivity contribution in [1.29, 1.82) is 0 Å². The Morgan fingerprint density at radius 2 is 1.68 bits per heavy atom. The Morgan fingerprint density at radius 1 is 1.00 bits per heavy atom. The highest BCUT2D eigenvalue weighted by molar-refractivity contribution is 5.67. The first kappa shape index (κ1) is 23.0. The van der Waals surface area contributed by atoms with E-state index < -0.39 is 43.4 Å². The zero-order chi connectivity index (χ0) is 22.1. The number of hydrogen-bond acceptors (Lipinski definition) is 8. The second-order valence-electron chi connectivity index (χ2n) is 6.96. The fourth-order valence-electron chi connectivity index (χ4n) is 3.11. The highest BCUT2D eigenvalue weighted by Gasteiger charge is 2.46. The van der Waals surface area contributed by atoms with Gasteiger partial charge in [-0.15, -0.1) is 0 Å². The van der Waals surface area contributed by atoms with Crippen LogP contribution in [0.3, 0.4) is 0 Å². The van der Waals surface area contributed by atoms with Crippen molar-refractivity contribution in [3.8, 4) is 5.75 Å². The molecular weight excluding hydrogens is 406 g/mol. The normalized spacial score (nSPS) is 25.6. The van der Waals surface area contributed by atoms with Crippen LogP contribution in [0, 0.1) is 0 Å². The molecule has 2 aromatic carbocycles. The van der Waals surface area contributed by atoms with Gasteiger partial charge in [-0.1, -0.05) is 48.5 Å². The van der Waals surface area contributed by atoms with Gasteiger partial charge < -0.3 is 39.6 Å². The third-order valence-corrected chi connectivity index (χ3v) is 4.71. The van der Waals surface area contributed by atoms with E-state index in [2.05, 4.69) is 5.32 Å². The Kier molecular flexibility index (Phi) is 8.63. The summed E-state index contributed by atoms with van der Waals surface area (Å²) in [7, 11) is 0. The van der Waals surface area contributed by atoms with E-state index in [1.807, 2.05) is 36.4 Å². The van der Waals surface area contributed by atoms with Crippen molar-refractivity contribution in [2.45, 2.75) is 37.3 Å². The highest BCUT2D eigenvalue weighted by atomic mass is 16.7. The topological polar surface area (TPSA) is 127 Å². The van der Waals surface area contributed by atoms with Crippen LogP contribution in [0.25, 0.3) is 0 Å². The molecule has 4 N–H and O–H groups in total. The van der Waals surface area contributed by atoms with Crippen molar-refractivity contribution in [3.05, 3.63) is 66.2 Å². The lowest BCUT2D eigenvalue weighted by atomic mass is 9.99. The molecule has 1 saturated heterocycles. The summed E-state index contributed by atoms with van der Waals surface area (Å²) in [6.45, 7) is -0.187. The number of amides is 1. The molecule has 31 heavy (non-hydrogen) atoms. The number of aliphatic hydroxyl groups excluding tert-OH is 3. The van der Waals surface area contributed by atoms with Gasteiger partial charge in [0.15, 0.2) is 0 Å². The van der Waals surface area contributed by atoms with Crippen LogP contribution in [-0.2, 0) is 20.8 Å². The Balaban J connectivity index is 1.42. The third-order valence-electron chi connectivity index (χ3n) is 4.71. The van der Waals surface area contributed by atoms with E-state index in [1.165, 1.54) is 0 Å². The minimum Gasteiger partial charge on any atom is -0.462 e. The van der Waals surface area contributed by atoms with Crippen LogP contribution in [0.15, 0.2) is 60.7 Å². The lowest BCUT2D eigenvalue weighted by Crippen LogP contribution is -2.61. The standard InChI is InChI=1S/C22H27NO8/c24-13-17-20(18(25)19(26)21(31-17)30-16-9-5-2-6-10-16)28-12-11-23-22(27)29-14-15-7-3-1-4-8-15/h1-10,17-21,24-26H,11-14H2,(H,23,27)/t17-,18-,19-,20+,21-/m1/s1. The molecule has 5 atom stereocenters. The summed E-state index contributed by atoms with van der Waals surface area (Å²) < 4.78 is 21.8. The lowest BCUT2D eigenvalue weighted by Gasteiger charge is -2.41. The number of para-hydroxylation sites is 1. The Morgan fingerprint density at radius 3 is 2.35 bits per heavy atom. The number of rotatable bonds is 9. The summed E-state index contributed by atoms with van der Waals surface area (Å²) in [5.74, 6) is 0.452. The van der Waals surface area contributed by atoms with Crippen molar-refractivity contribution < 1.29 is 39.1 Å². The number of alkyl carbamates (subject to hydrolysis) is 1. The number of carbonyl (C=O) groups is 1. The van der Waals surface area contributed by atoms with Crippen LogP contribution in [0.5, 0.6) is 5.75 Å². The maximum absolute atomic E-state index is 11.8. The van der Waals surface area contributed by atoms with Gasteiger partial charge in [0.25, 0.3) is 0 Å². The van der Waals surface area contributed by atoms with Gasteiger partial charge in [0.05, 0.1) is 13.2 Å². The van der Waals surface area contributed by atoms with Gasteiger partial charge in [0, 0.05) is 6.54 Å². The minimum absolute atomic E-state index is 0.0128. The summed E-state index contributed by atoms with van der Waals surface area (Å²) in [4.78, 5) is 11.8. The van der Waals surface area contributed by atoms with Gasteiger partial charge in [-0.25, -0.2) is 4.79 Å². The molecule has 9 nitrogen and oxygen atoms in total. The van der Waals surface area contributed by atoms with Gasteiger partial charge in [0.1, 0.15) is 36.8 Å². The molecule has 3 rings (SSSR count). The number of carbonyl (C=O) groups excluding carboxylic acids is 1. The molecule has 9 heteroatoms. The van der Waals surface area contributed by atoms with Gasteiger partial charge in [-0.3, -0.25) is 0 Å². The van der Waals surface area contributed by atoms with Crippen molar-refractivity contribution in [2.75, 3.05) is 19.8 Å². The van der Waals surface area contributed by atoms with Gasteiger partial charge >= 0.3 is 6.09 Å². The molecule has 1 aliphatic heterocycles. The zero-order valence-corrected chi connectivity index (χ0v) is 16.9. The Labute approximate surface area is 180 Å². The molecule has 0 bridgehead atoms. The molecule has 0 aromatic heterocycles. The Hall–Kier alpha value is -2.69. The van der Waals surface area contributed by atoms with E-state index in [0.29, 0.717) is 5.75 Å². The smallest absolute Gasteiger partial charge is 0.407 e. The highest BCUT2D eigenvalue weighted by Crippen LogP contribution is 2.25. The maximum atomic E-state index is 11.8. The molecule has 0 radical (unpaired) electrons. The maximum Gasteiger partial charge on any atom is 0.407 e. The van der Waals surface area contributed by atoms with Crippen LogP contribution in [-0.4, -0.2) is 71.9 Å². The van der Waals surface area contributed by atoms with Crippen molar-refractivity contribution in [3.63, 3.8) is 0 Å². The van der Waals surface area contributed by atoms with Crippen LogP contribution < -0.4 is 10.1 Å². The second kappa shape index (κ2) is 11.6. The Bertz CT molecular complexity index is 789. The van der Waals surface area contributed by atoms with Crippen LogP contribution in [0.1, 0.15) is 5.56 Å². The van der Waals surface area contributed by atoms with Crippen LogP contribution in [0.4, 0.5) is 4.79 Å². The van der Waals surface area contributed by atoms with E-state index in [1.54, 1.807) is 24.3 Å². The molecule has 1 heterocycles. The predicted octanol–water partition coefficient (Wildman–Crippen LogP) is 0.816. The van der Waals surface area contributed by atoms with E-state index in [0.717, 1.165) is 5.56 Å². The average molecular weight is 433 g/mol. The third kappa shape index (κ3) is 6.65. The van der Waals surface area contributed by atoms with Gasteiger partial charge in [-0.05, 0) is 17.7 Å². The number of aliphatic hydroxyl groups is 3. The molecule has 1 amide bonds. The number of ether oxygens (including phenoxy) is 4. The van der Waals surface area contributed by atoms with Crippen molar-refractivity contribution in [2.24, 2.45) is 0 Å². The molecule has 0 spiro atoms. The van der Waals surface area contributed by atoms with E-state index in [9.17, 15) is 20.1 Å². The first-order chi connectivity index (χ1) is 15.1. The fourth-order valence-corrected chi connectivity index (χ4v) is 3.11. The van der Waals surface area contributed by atoms with Gasteiger partial charge in [-0.2, -0.15) is 0 Å². The molecule has 1 fully saturated rings. The van der Waals surface area contributed by atoms with Crippen molar-refractivity contribution >= 4 is 6.09 Å². The molecule has 0 unspecified atom stereocenters. The predicted molar refractivity (Wildman–Crippen MR) is 109 cm³/mol. The number of nitrogens with one attached hydrogen (secondary N) is 1. The monoisotopic (exact) mass is 433 g/mol. The van der Waals surface area contributed by atoms with E-state index in [-0.39, 0.29) is 19.8 Å². The molecule has 1 aliphatic rings. The lowest BCUT2D eigenvalue weighted by molar-refractivity contribution is -0.285. The van der Waals surface area contributed by atoms with Gasteiger partial charge in [0.2, 0.25) is 6.29 Å². The summed E-state index contributed by atoms with van der Waals surface area (Å²) in [5, 5.41) is 33.0. The second-order valence-corrected chi connectivity index (χ2v) is 6.96. The zero-order valence-electron chi connectivity index (χ0n) is 16.9. The fraction of sp³-hybridized carbons (Fsp3) is 0.409. The molecule has 2 aromatic rings. The SMILES string of the molecule is O=C(NCCO[C@@H]1[C@H](O)[C@@H](O)[C@H](Oc2ccccc2)O[C@@H]1CO)OCc1ccccc1.